The van der Waals surface area contributed by atoms with Crippen molar-refractivity contribution in [3.8, 4) is 0 Å². The van der Waals surface area contributed by atoms with Crippen LogP contribution in [0.1, 0.15) is 25.5 Å². The van der Waals surface area contributed by atoms with Gasteiger partial charge in [0.05, 0.1) is 5.75 Å². The summed E-state index contributed by atoms with van der Waals surface area (Å²) in [5.41, 5.74) is 1.22. The maximum Gasteiger partial charge on any atom is 0.151 e. The summed E-state index contributed by atoms with van der Waals surface area (Å²) in [6.45, 7) is 4.24. The van der Waals surface area contributed by atoms with E-state index >= 15 is 0 Å². The monoisotopic (exact) mass is 247 g/mol. The summed E-state index contributed by atoms with van der Waals surface area (Å²) in [5.74, 6) is 0.444. The molecule has 0 aliphatic carbocycles. The van der Waals surface area contributed by atoms with E-state index in [0.29, 0.717) is 6.54 Å². The molecule has 0 fully saturated rings. The molecule has 0 aliphatic heterocycles. The molecule has 0 radical (unpaired) electrons. The van der Waals surface area contributed by atoms with E-state index in [1.54, 1.807) is 18.3 Å². The molecule has 0 saturated heterocycles. The topological polar surface area (TPSA) is 46.2 Å². The molecule has 1 aromatic heterocycles. The van der Waals surface area contributed by atoms with Gasteiger partial charge in [-0.05, 0) is 29.3 Å². The van der Waals surface area contributed by atoms with Crippen LogP contribution in [0, 0.1) is 0 Å². The first kappa shape index (κ1) is 12.7. The highest BCUT2D eigenvalue weighted by molar-refractivity contribution is 7.91. The van der Waals surface area contributed by atoms with Gasteiger partial charge in [-0.25, -0.2) is 8.42 Å². The van der Waals surface area contributed by atoms with E-state index in [9.17, 15) is 8.42 Å². The first-order valence-corrected chi connectivity index (χ1v) is 7.77. The molecule has 0 aliphatic rings. The van der Waals surface area contributed by atoms with Crippen molar-refractivity contribution >= 4 is 21.2 Å². The minimum Gasteiger partial charge on any atom is -0.309 e. The molecule has 0 saturated carbocycles. The van der Waals surface area contributed by atoms with Crippen LogP contribution >= 0.6 is 11.3 Å². The Kier molecular flexibility index (Phi) is 4.76. The van der Waals surface area contributed by atoms with E-state index < -0.39 is 9.84 Å². The van der Waals surface area contributed by atoms with Crippen LogP contribution in [0.15, 0.2) is 16.8 Å². The van der Waals surface area contributed by atoms with E-state index in [2.05, 4.69) is 16.8 Å². The van der Waals surface area contributed by atoms with Gasteiger partial charge in [-0.2, -0.15) is 11.3 Å². The largest absolute Gasteiger partial charge is 0.309 e. The van der Waals surface area contributed by atoms with Crippen LogP contribution in [0.5, 0.6) is 0 Å². The molecule has 0 spiro atoms. The molecule has 0 amide bonds. The smallest absolute Gasteiger partial charge is 0.151 e. The molecule has 1 atom stereocenters. The van der Waals surface area contributed by atoms with Gasteiger partial charge in [0.15, 0.2) is 9.84 Å². The predicted molar refractivity (Wildman–Crippen MR) is 65.1 cm³/mol. The van der Waals surface area contributed by atoms with Crippen molar-refractivity contribution < 1.29 is 8.42 Å². The van der Waals surface area contributed by atoms with Gasteiger partial charge in [0, 0.05) is 18.3 Å². The molecule has 86 valence electrons. The fourth-order valence-electron chi connectivity index (χ4n) is 1.21. The lowest BCUT2D eigenvalue weighted by molar-refractivity contribution is 0.573. The van der Waals surface area contributed by atoms with E-state index in [1.165, 1.54) is 5.56 Å². The highest BCUT2D eigenvalue weighted by Gasteiger charge is 2.09. The van der Waals surface area contributed by atoms with Crippen molar-refractivity contribution in [2.24, 2.45) is 0 Å². The maximum absolute atomic E-state index is 11.2. The van der Waals surface area contributed by atoms with Crippen LogP contribution in [0.25, 0.3) is 0 Å². The molecule has 1 heterocycles. The molecule has 1 aromatic rings. The van der Waals surface area contributed by atoms with Crippen molar-refractivity contribution in [2.45, 2.75) is 19.9 Å². The van der Waals surface area contributed by atoms with Crippen molar-refractivity contribution in [2.75, 3.05) is 18.1 Å². The molecular formula is C10H17NO2S2. The summed E-state index contributed by atoms with van der Waals surface area (Å²) >= 11 is 1.65. The summed E-state index contributed by atoms with van der Waals surface area (Å²) < 4.78 is 22.5. The molecule has 1 N–H and O–H groups in total. The Balaban J connectivity index is 2.33. The van der Waals surface area contributed by atoms with Gasteiger partial charge in [0.2, 0.25) is 0 Å². The summed E-state index contributed by atoms with van der Waals surface area (Å²) in [7, 11) is -2.84. The second kappa shape index (κ2) is 5.63. The van der Waals surface area contributed by atoms with Gasteiger partial charge in [0.25, 0.3) is 0 Å². The third kappa shape index (κ3) is 4.32. The molecular weight excluding hydrogens is 230 g/mol. The lowest BCUT2D eigenvalue weighted by atomic mass is 10.2. The van der Waals surface area contributed by atoms with Crippen molar-refractivity contribution in [1.29, 1.82) is 0 Å². The zero-order chi connectivity index (χ0) is 11.3. The lowest BCUT2D eigenvalue weighted by Crippen LogP contribution is -2.26. The standard InChI is InChI=1S/C10H17NO2S2/c1-3-15(12,13)7-5-11-9(2)10-4-6-14-8-10/h4,6,8-9,11H,3,5,7H2,1-2H3. The average Bonchev–Trinajstić information content (AvgIpc) is 2.70. The highest BCUT2D eigenvalue weighted by Crippen LogP contribution is 2.14. The quantitative estimate of drug-likeness (QED) is 0.834. The molecule has 3 nitrogen and oxygen atoms in total. The van der Waals surface area contributed by atoms with Crippen LogP contribution in [0.4, 0.5) is 0 Å². The predicted octanol–water partition coefficient (Wildman–Crippen LogP) is 1.83. The number of sulfone groups is 1. The van der Waals surface area contributed by atoms with E-state index in [1.807, 2.05) is 12.3 Å². The van der Waals surface area contributed by atoms with Crippen LogP contribution in [0.2, 0.25) is 0 Å². The molecule has 5 heteroatoms. The number of nitrogens with one attached hydrogen (secondary N) is 1. The van der Waals surface area contributed by atoms with E-state index in [4.69, 9.17) is 0 Å². The zero-order valence-corrected chi connectivity index (χ0v) is 10.7. The SMILES string of the molecule is CCS(=O)(=O)CCNC(C)c1ccsc1. The second-order valence-corrected chi connectivity index (χ2v) is 6.72. The van der Waals surface area contributed by atoms with Crippen molar-refractivity contribution in [3.05, 3.63) is 22.4 Å². The number of rotatable bonds is 6. The van der Waals surface area contributed by atoms with Crippen molar-refractivity contribution in [3.63, 3.8) is 0 Å². The van der Waals surface area contributed by atoms with Crippen LogP contribution in [-0.2, 0) is 9.84 Å². The Morgan fingerprint density at radius 1 is 1.53 bits per heavy atom. The van der Waals surface area contributed by atoms with Gasteiger partial charge < -0.3 is 5.32 Å². The van der Waals surface area contributed by atoms with Gasteiger partial charge in [-0.1, -0.05) is 6.92 Å². The summed E-state index contributed by atoms with van der Waals surface area (Å²) in [4.78, 5) is 0. The van der Waals surface area contributed by atoms with Gasteiger partial charge in [-0.3, -0.25) is 0 Å². The fourth-order valence-corrected chi connectivity index (χ4v) is 2.69. The Bertz CT molecular complexity index is 370. The third-order valence-electron chi connectivity index (χ3n) is 2.35. The fraction of sp³-hybridized carbons (Fsp3) is 0.600. The van der Waals surface area contributed by atoms with Gasteiger partial charge >= 0.3 is 0 Å². The minimum absolute atomic E-state index is 0.220. The van der Waals surface area contributed by atoms with E-state index in [0.717, 1.165) is 0 Å². The Hall–Kier alpha value is -0.390. The average molecular weight is 247 g/mol. The zero-order valence-electron chi connectivity index (χ0n) is 9.06. The van der Waals surface area contributed by atoms with Crippen LogP contribution in [0.3, 0.4) is 0 Å². The highest BCUT2D eigenvalue weighted by atomic mass is 32.2. The maximum atomic E-state index is 11.2. The number of hydrogen-bond donors (Lipinski definition) is 1. The third-order valence-corrected chi connectivity index (χ3v) is 4.75. The Labute approximate surface area is 95.4 Å². The molecule has 1 unspecified atom stereocenters. The summed E-state index contributed by atoms with van der Waals surface area (Å²) in [5, 5.41) is 7.30. The Morgan fingerprint density at radius 2 is 2.27 bits per heavy atom. The second-order valence-electron chi connectivity index (χ2n) is 3.47. The normalized spacial score (nSPS) is 14.0. The first-order valence-electron chi connectivity index (χ1n) is 5.01. The minimum atomic E-state index is -2.84. The molecule has 15 heavy (non-hydrogen) atoms. The first-order chi connectivity index (χ1) is 7.05. The van der Waals surface area contributed by atoms with E-state index in [-0.39, 0.29) is 17.5 Å². The van der Waals surface area contributed by atoms with Gasteiger partial charge in [0.1, 0.15) is 0 Å². The summed E-state index contributed by atoms with van der Waals surface area (Å²) in [6.07, 6.45) is 0. The number of hydrogen-bond acceptors (Lipinski definition) is 4. The molecule has 1 rings (SSSR count). The van der Waals surface area contributed by atoms with Gasteiger partial charge in [-0.15, -0.1) is 0 Å². The van der Waals surface area contributed by atoms with Crippen molar-refractivity contribution in [1.82, 2.24) is 5.32 Å². The Morgan fingerprint density at radius 3 is 2.80 bits per heavy atom. The molecule has 0 aromatic carbocycles. The van der Waals surface area contributed by atoms with Crippen LogP contribution in [-0.4, -0.2) is 26.5 Å². The lowest BCUT2D eigenvalue weighted by Gasteiger charge is -2.11. The summed E-state index contributed by atoms with van der Waals surface area (Å²) in [6, 6.07) is 2.28. The molecule has 0 bridgehead atoms. The number of thiophene rings is 1. The van der Waals surface area contributed by atoms with Crippen LogP contribution < -0.4 is 5.32 Å².